The minimum Gasteiger partial charge on any atom is -0.465 e. The molecule has 6 heteroatoms. The average molecular weight is 294 g/mol. The van der Waals surface area contributed by atoms with Crippen molar-refractivity contribution in [3.8, 4) is 0 Å². The first-order valence-electron chi connectivity index (χ1n) is 6.07. The number of benzene rings is 1. The molecule has 1 aromatic carbocycles. The van der Waals surface area contributed by atoms with E-state index in [9.17, 15) is 9.18 Å². The molecule has 0 saturated carbocycles. The zero-order valence-electron chi connectivity index (χ0n) is 11.4. The Hall–Kier alpha value is -1.95. The molecule has 1 aromatic heterocycles. The number of hydrogen-bond donors (Lipinski definition) is 1. The van der Waals surface area contributed by atoms with E-state index < -0.39 is 11.8 Å². The molecular formula is C14H15FN2O2S. The number of aryl methyl sites for hydroxylation is 1. The Bertz CT molecular complexity index is 627. The Morgan fingerprint density at radius 1 is 1.50 bits per heavy atom. The van der Waals surface area contributed by atoms with Crippen LogP contribution in [-0.2, 0) is 4.74 Å². The van der Waals surface area contributed by atoms with Gasteiger partial charge in [-0.15, -0.1) is 11.3 Å². The Balaban J connectivity index is 2.28. The van der Waals surface area contributed by atoms with Crippen LogP contribution in [0.3, 0.4) is 0 Å². The van der Waals surface area contributed by atoms with Gasteiger partial charge in [0.1, 0.15) is 5.82 Å². The SMILES string of the molecule is COC(=O)c1ccc(F)cc1NC(C)c1csc(C)n1. The summed E-state index contributed by atoms with van der Waals surface area (Å²) >= 11 is 1.54. The predicted molar refractivity (Wildman–Crippen MR) is 76.6 cm³/mol. The van der Waals surface area contributed by atoms with Gasteiger partial charge in [-0.2, -0.15) is 0 Å². The quantitative estimate of drug-likeness (QED) is 0.876. The molecule has 0 aliphatic heterocycles. The van der Waals surface area contributed by atoms with Gasteiger partial charge in [0, 0.05) is 5.38 Å². The molecule has 0 radical (unpaired) electrons. The van der Waals surface area contributed by atoms with E-state index in [-0.39, 0.29) is 6.04 Å². The summed E-state index contributed by atoms with van der Waals surface area (Å²) in [6, 6.07) is 3.78. The van der Waals surface area contributed by atoms with Crippen LogP contribution in [0.15, 0.2) is 23.6 Å². The highest BCUT2D eigenvalue weighted by molar-refractivity contribution is 7.09. The maximum Gasteiger partial charge on any atom is 0.339 e. The summed E-state index contributed by atoms with van der Waals surface area (Å²) in [5.74, 6) is -0.920. The number of anilines is 1. The number of carbonyl (C=O) groups excluding carboxylic acids is 1. The second-order valence-corrected chi connectivity index (χ2v) is 5.40. The molecule has 1 N–H and O–H groups in total. The Morgan fingerprint density at radius 2 is 2.25 bits per heavy atom. The van der Waals surface area contributed by atoms with Gasteiger partial charge in [0.05, 0.1) is 35.1 Å². The number of rotatable bonds is 4. The molecule has 1 heterocycles. The summed E-state index contributed by atoms with van der Waals surface area (Å²) in [7, 11) is 1.29. The van der Waals surface area contributed by atoms with Crippen molar-refractivity contribution in [2.24, 2.45) is 0 Å². The van der Waals surface area contributed by atoms with Crippen molar-refractivity contribution in [1.29, 1.82) is 0 Å². The standard InChI is InChI=1S/C14H15FN2O2S/c1-8(13-7-20-9(2)17-13)16-12-6-10(15)4-5-11(12)14(18)19-3/h4-8,16H,1-3H3. The molecule has 1 atom stereocenters. The van der Waals surface area contributed by atoms with E-state index in [0.29, 0.717) is 11.3 Å². The molecule has 0 fully saturated rings. The first kappa shape index (κ1) is 14.5. The highest BCUT2D eigenvalue weighted by Crippen LogP contribution is 2.25. The molecular weight excluding hydrogens is 279 g/mol. The predicted octanol–water partition coefficient (Wildman–Crippen LogP) is 3.55. The number of aromatic nitrogens is 1. The molecule has 0 amide bonds. The first-order chi connectivity index (χ1) is 9.51. The van der Waals surface area contributed by atoms with Gasteiger partial charge in [-0.05, 0) is 32.0 Å². The molecule has 20 heavy (non-hydrogen) atoms. The zero-order valence-corrected chi connectivity index (χ0v) is 12.3. The fourth-order valence-corrected chi connectivity index (χ4v) is 2.52. The second-order valence-electron chi connectivity index (χ2n) is 4.34. The number of halogens is 1. The summed E-state index contributed by atoms with van der Waals surface area (Å²) in [6.45, 7) is 3.82. The number of carbonyl (C=O) groups is 1. The molecule has 0 spiro atoms. The number of hydrogen-bond acceptors (Lipinski definition) is 5. The topological polar surface area (TPSA) is 51.2 Å². The molecule has 0 aliphatic rings. The van der Waals surface area contributed by atoms with Crippen LogP contribution in [0.4, 0.5) is 10.1 Å². The third kappa shape index (κ3) is 3.14. The van der Waals surface area contributed by atoms with E-state index in [4.69, 9.17) is 4.74 Å². The highest BCUT2D eigenvalue weighted by atomic mass is 32.1. The van der Waals surface area contributed by atoms with Crippen molar-refractivity contribution in [3.05, 3.63) is 45.7 Å². The van der Waals surface area contributed by atoms with Gasteiger partial charge in [0.25, 0.3) is 0 Å². The zero-order chi connectivity index (χ0) is 14.7. The summed E-state index contributed by atoms with van der Waals surface area (Å²) in [6.07, 6.45) is 0. The van der Waals surface area contributed by atoms with Crippen LogP contribution in [0.1, 0.15) is 34.0 Å². The Labute approximate surface area is 120 Å². The summed E-state index contributed by atoms with van der Waals surface area (Å²) in [5, 5.41) is 5.99. The lowest BCUT2D eigenvalue weighted by Gasteiger charge is -2.16. The van der Waals surface area contributed by atoms with Gasteiger partial charge in [-0.1, -0.05) is 0 Å². The van der Waals surface area contributed by atoms with Crippen LogP contribution in [0.2, 0.25) is 0 Å². The van der Waals surface area contributed by atoms with Gasteiger partial charge >= 0.3 is 5.97 Å². The van der Waals surface area contributed by atoms with Crippen molar-refractivity contribution in [1.82, 2.24) is 4.98 Å². The number of ether oxygens (including phenoxy) is 1. The van der Waals surface area contributed by atoms with Crippen LogP contribution in [0.25, 0.3) is 0 Å². The first-order valence-corrected chi connectivity index (χ1v) is 6.95. The van der Waals surface area contributed by atoms with Crippen molar-refractivity contribution >= 4 is 23.0 Å². The minimum absolute atomic E-state index is 0.134. The van der Waals surface area contributed by atoms with Gasteiger partial charge in [-0.3, -0.25) is 0 Å². The number of esters is 1. The molecule has 0 bridgehead atoms. The van der Waals surface area contributed by atoms with Crippen molar-refractivity contribution in [3.63, 3.8) is 0 Å². The number of methoxy groups -OCH3 is 1. The van der Waals surface area contributed by atoms with Gasteiger partial charge < -0.3 is 10.1 Å². The van der Waals surface area contributed by atoms with E-state index in [1.807, 2.05) is 19.2 Å². The molecule has 0 aliphatic carbocycles. The summed E-state index contributed by atoms with van der Waals surface area (Å²) in [4.78, 5) is 16.0. The van der Waals surface area contributed by atoms with Crippen LogP contribution < -0.4 is 5.32 Å². The van der Waals surface area contributed by atoms with E-state index in [0.717, 1.165) is 10.7 Å². The number of nitrogens with one attached hydrogen (secondary N) is 1. The van der Waals surface area contributed by atoms with Crippen molar-refractivity contribution in [2.45, 2.75) is 19.9 Å². The normalized spacial score (nSPS) is 12.0. The number of nitrogens with zero attached hydrogens (tertiary/aromatic N) is 1. The number of thiazole rings is 1. The van der Waals surface area contributed by atoms with E-state index in [1.54, 1.807) is 11.3 Å². The highest BCUT2D eigenvalue weighted by Gasteiger charge is 2.16. The molecule has 4 nitrogen and oxygen atoms in total. The smallest absolute Gasteiger partial charge is 0.339 e. The lowest BCUT2D eigenvalue weighted by Crippen LogP contribution is -2.12. The van der Waals surface area contributed by atoms with Crippen LogP contribution >= 0.6 is 11.3 Å². The molecule has 2 rings (SSSR count). The third-order valence-electron chi connectivity index (χ3n) is 2.84. The minimum atomic E-state index is -0.505. The lowest BCUT2D eigenvalue weighted by atomic mass is 10.1. The van der Waals surface area contributed by atoms with Crippen LogP contribution in [0, 0.1) is 12.7 Å². The lowest BCUT2D eigenvalue weighted by molar-refractivity contribution is 0.0601. The average Bonchev–Trinajstić information content (AvgIpc) is 2.85. The second kappa shape index (κ2) is 6.00. The summed E-state index contributed by atoms with van der Waals surface area (Å²) in [5.41, 5.74) is 1.55. The largest absolute Gasteiger partial charge is 0.465 e. The monoisotopic (exact) mass is 294 g/mol. The third-order valence-corrected chi connectivity index (χ3v) is 3.63. The molecule has 0 saturated heterocycles. The van der Waals surface area contributed by atoms with E-state index in [1.165, 1.54) is 25.3 Å². The Kier molecular flexibility index (Phi) is 4.34. The van der Waals surface area contributed by atoms with Crippen LogP contribution in [-0.4, -0.2) is 18.1 Å². The Morgan fingerprint density at radius 3 is 2.85 bits per heavy atom. The molecule has 106 valence electrons. The van der Waals surface area contributed by atoms with Gasteiger partial charge in [0.2, 0.25) is 0 Å². The molecule has 1 unspecified atom stereocenters. The van der Waals surface area contributed by atoms with Gasteiger partial charge in [0.15, 0.2) is 0 Å². The van der Waals surface area contributed by atoms with Gasteiger partial charge in [-0.25, -0.2) is 14.2 Å². The van der Waals surface area contributed by atoms with E-state index >= 15 is 0 Å². The van der Waals surface area contributed by atoms with Crippen molar-refractivity contribution in [2.75, 3.05) is 12.4 Å². The van der Waals surface area contributed by atoms with Crippen LogP contribution in [0.5, 0.6) is 0 Å². The van der Waals surface area contributed by atoms with E-state index in [2.05, 4.69) is 10.3 Å². The van der Waals surface area contributed by atoms with Crippen molar-refractivity contribution < 1.29 is 13.9 Å². The summed E-state index contributed by atoms with van der Waals surface area (Å²) < 4.78 is 18.1. The fraction of sp³-hybridized carbons (Fsp3) is 0.286. The fourth-order valence-electron chi connectivity index (χ4n) is 1.81. The maximum absolute atomic E-state index is 13.4. The molecule has 2 aromatic rings. The maximum atomic E-state index is 13.4.